The SMILES string of the molecule is COCCCOc1ccnc(COc2ccc(NC(=O)Nc3cccc(C(F)(F)F)c3)cc2)c1C. The fraction of sp³-hybridized carbons (Fsp3) is 0.280. The molecular weight excluding hydrogens is 463 g/mol. The Bertz CT molecular complexity index is 1120. The predicted molar refractivity (Wildman–Crippen MR) is 126 cm³/mol. The van der Waals surface area contributed by atoms with Gasteiger partial charge in [-0.05, 0) is 55.5 Å². The molecule has 0 atom stereocenters. The molecule has 2 N–H and O–H groups in total. The van der Waals surface area contributed by atoms with Crippen LogP contribution in [0.2, 0.25) is 0 Å². The normalized spacial score (nSPS) is 11.1. The highest BCUT2D eigenvalue weighted by atomic mass is 19.4. The van der Waals surface area contributed by atoms with Crippen molar-refractivity contribution in [3.05, 3.63) is 77.6 Å². The number of halogens is 3. The highest BCUT2D eigenvalue weighted by molar-refractivity contribution is 5.99. The van der Waals surface area contributed by atoms with Gasteiger partial charge in [-0.2, -0.15) is 13.2 Å². The number of hydrogen-bond donors (Lipinski definition) is 2. The van der Waals surface area contributed by atoms with Crippen molar-refractivity contribution in [2.24, 2.45) is 0 Å². The molecule has 0 fully saturated rings. The van der Waals surface area contributed by atoms with Crippen molar-refractivity contribution in [3.8, 4) is 11.5 Å². The number of hydrogen-bond acceptors (Lipinski definition) is 5. The molecule has 0 aliphatic heterocycles. The Morgan fingerprint density at radius 1 is 0.971 bits per heavy atom. The number of benzene rings is 2. The van der Waals surface area contributed by atoms with Crippen LogP contribution in [-0.2, 0) is 17.5 Å². The molecule has 2 amide bonds. The number of amides is 2. The molecule has 0 bridgehead atoms. The summed E-state index contributed by atoms with van der Waals surface area (Å²) < 4.78 is 55.1. The van der Waals surface area contributed by atoms with E-state index in [2.05, 4.69) is 15.6 Å². The Balaban J connectivity index is 1.52. The molecule has 186 valence electrons. The summed E-state index contributed by atoms with van der Waals surface area (Å²) in [5.74, 6) is 1.29. The van der Waals surface area contributed by atoms with Crippen LogP contribution in [0, 0.1) is 6.92 Å². The monoisotopic (exact) mass is 489 g/mol. The van der Waals surface area contributed by atoms with E-state index in [0.29, 0.717) is 24.7 Å². The van der Waals surface area contributed by atoms with Crippen LogP contribution in [0.25, 0.3) is 0 Å². The summed E-state index contributed by atoms with van der Waals surface area (Å²) in [4.78, 5) is 16.5. The van der Waals surface area contributed by atoms with E-state index in [-0.39, 0.29) is 12.3 Å². The standard InChI is InChI=1S/C25H26F3N3O4/c1-17-22(29-12-11-23(17)34-14-4-13-33-2)16-35-21-9-7-19(8-10-21)30-24(32)31-20-6-3-5-18(15-20)25(26,27)28/h3,5-12,15H,4,13-14,16H2,1-2H3,(H2,30,31,32). The zero-order valence-corrected chi connectivity index (χ0v) is 19.3. The van der Waals surface area contributed by atoms with Crippen molar-refractivity contribution >= 4 is 17.4 Å². The highest BCUT2D eigenvalue weighted by Gasteiger charge is 2.30. The van der Waals surface area contributed by atoms with Crippen LogP contribution >= 0.6 is 0 Å². The molecule has 10 heteroatoms. The second-order valence-corrected chi connectivity index (χ2v) is 7.55. The molecule has 0 aliphatic rings. The molecule has 1 heterocycles. The van der Waals surface area contributed by atoms with E-state index in [4.69, 9.17) is 14.2 Å². The lowest BCUT2D eigenvalue weighted by Crippen LogP contribution is -2.19. The van der Waals surface area contributed by atoms with Crippen LogP contribution in [0.15, 0.2) is 60.8 Å². The van der Waals surface area contributed by atoms with Gasteiger partial charge in [-0.25, -0.2) is 4.79 Å². The smallest absolute Gasteiger partial charge is 0.416 e. The molecule has 0 spiro atoms. The van der Waals surface area contributed by atoms with E-state index in [1.165, 1.54) is 12.1 Å². The van der Waals surface area contributed by atoms with Crippen LogP contribution in [0.1, 0.15) is 23.2 Å². The molecule has 35 heavy (non-hydrogen) atoms. The first-order valence-corrected chi connectivity index (χ1v) is 10.8. The maximum atomic E-state index is 12.8. The van der Waals surface area contributed by atoms with Crippen molar-refractivity contribution < 1.29 is 32.2 Å². The summed E-state index contributed by atoms with van der Waals surface area (Å²) in [6, 6.07) is 12.1. The number of methoxy groups -OCH3 is 1. The van der Waals surface area contributed by atoms with Gasteiger partial charge >= 0.3 is 12.2 Å². The molecule has 1 aromatic heterocycles. The summed E-state index contributed by atoms with van der Waals surface area (Å²) in [6.45, 7) is 3.30. The van der Waals surface area contributed by atoms with Gasteiger partial charge < -0.3 is 24.8 Å². The van der Waals surface area contributed by atoms with E-state index in [1.807, 2.05) is 6.92 Å². The fourth-order valence-electron chi connectivity index (χ4n) is 3.10. The second kappa shape index (κ2) is 12.1. The molecule has 0 aliphatic carbocycles. The van der Waals surface area contributed by atoms with Crippen molar-refractivity contribution in [1.29, 1.82) is 0 Å². The molecule has 2 aromatic carbocycles. The van der Waals surface area contributed by atoms with Gasteiger partial charge in [0.05, 0.1) is 17.9 Å². The Kier molecular flexibility index (Phi) is 8.91. The minimum atomic E-state index is -4.49. The molecule has 0 saturated heterocycles. The van der Waals surface area contributed by atoms with Crippen LogP contribution in [0.4, 0.5) is 29.3 Å². The highest BCUT2D eigenvalue weighted by Crippen LogP contribution is 2.30. The minimum Gasteiger partial charge on any atom is -0.493 e. The van der Waals surface area contributed by atoms with Gasteiger partial charge in [-0.15, -0.1) is 0 Å². The van der Waals surface area contributed by atoms with Gasteiger partial charge in [0.2, 0.25) is 0 Å². The van der Waals surface area contributed by atoms with Crippen molar-refractivity contribution in [2.75, 3.05) is 31.0 Å². The topological polar surface area (TPSA) is 81.7 Å². The lowest BCUT2D eigenvalue weighted by Gasteiger charge is -2.13. The van der Waals surface area contributed by atoms with Crippen LogP contribution in [0.3, 0.4) is 0 Å². The number of ether oxygens (including phenoxy) is 3. The van der Waals surface area contributed by atoms with E-state index >= 15 is 0 Å². The summed E-state index contributed by atoms with van der Waals surface area (Å²) in [5.41, 5.74) is 1.25. The maximum absolute atomic E-state index is 12.8. The molecule has 3 rings (SSSR count). The summed E-state index contributed by atoms with van der Waals surface area (Å²) in [5, 5.41) is 4.96. The summed E-state index contributed by atoms with van der Waals surface area (Å²) >= 11 is 0. The van der Waals surface area contributed by atoms with Crippen molar-refractivity contribution in [1.82, 2.24) is 4.98 Å². The number of anilines is 2. The second-order valence-electron chi connectivity index (χ2n) is 7.55. The molecule has 0 radical (unpaired) electrons. The third-order valence-electron chi connectivity index (χ3n) is 4.94. The van der Waals surface area contributed by atoms with E-state index < -0.39 is 17.8 Å². The first kappa shape index (κ1) is 25.8. The number of aromatic nitrogens is 1. The zero-order valence-electron chi connectivity index (χ0n) is 19.3. The molecule has 3 aromatic rings. The van der Waals surface area contributed by atoms with Gasteiger partial charge in [0.1, 0.15) is 18.1 Å². The lowest BCUT2D eigenvalue weighted by molar-refractivity contribution is -0.137. The van der Waals surface area contributed by atoms with Crippen LogP contribution in [-0.4, -0.2) is 31.3 Å². The van der Waals surface area contributed by atoms with Crippen LogP contribution in [0.5, 0.6) is 11.5 Å². The number of urea groups is 1. The molecule has 0 unspecified atom stereocenters. The maximum Gasteiger partial charge on any atom is 0.416 e. The number of pyridine rings is 1. The number of alkyl halides is 3. The Morgan fingerprint density at radius 3 is 2.43 bits per heavy atom. The number of nitrogens with zero attached hydrogens (tertiary/aromatic N) is 1. The Hall–Kier alpha value is -3.79. The summed E-state index contributed by atoms with van der Waals surface area (Å²) in [7, 11) is 1.64. The fourth-order valence-corrected chi connectivity index (χ4v) is 3.10. The van der Waals surface area contributed by atoms with E-state index in [9.17, 15) is 18.0 Å². The van der Waals surface area contributed by atoms with Gasteiger partial charge in [-0.1, -0.05) is 6.07 Å². The molecule has 7 nitrogen and oxygen atoms in total. The summed E-state index contributed by atoms with van der Waals surface area (Å²) in [6.07, 6.45) is -2.05. The Morgan fingerprint density at radius 2 is 1.71 bits per heavy atom. The van der Waals surface area contributed by atoms with Crippen molar-refractivity contribution in [3.63, 3.8) is 0 Å². The number of nitrogens with one attached hydrogen (secondary N) is 2. The van der Waals surface area contributed by atoms with Gasteiger partial charge in [0.25, 0.3) is 0 Å². The lowest BCUT2D eigenvalue weighted by atomic mass is 10.2. The third-order valence-corrected chi connectivity index (χ3v) is 4.94. The number of carbonyl (C=O) groups excluding carboxylic acids is 1. The largest absolute Gasteiger partial charge is 0.493 e. The van der Waals surface area contributed by atoms with E-state index in [0.717, 1.165) is 35.6 Å². The number of carbonyl (C=O) groups is 1. The average molecular weight is 489 g/mol. The quantitative estimate of drug-likeness (QED) is 0.339. The first-order chi connectivity index (χ1) is 16.8. The molecular formula is C25H26F3N3O4. The average Bonchev–Trinajstić information content (AvgIpc) is 2.82. The van der Waals surface area contributed by atoms with Gasteiger partial charge in [0, 0.05) is 43.3 Å². The van der Waals surface area contributed by atoms with Crippen LogP contribution < -0.4 is 20.1 Å². The van der Waals surface area contributed by atoms with E-state index in [1.54, 1.807) is 43.6 Å². The van der Waals surface area contributed by atoms with Gasteiger partial charge in [0.15, 0.2) is 0 Å². The Labute approximate surface area is 201 Å². The van der Waals surface area contributed by atoms with Gasteiger partial charge in [-0.3, -0.25) is 4.98 Å². The zero-order chi connectivity index (χ0) is 25.3. The number of rotatable bonds is 10. The third kappa shape index (κ3) is 7.89. The predicted octanol–water partition coefficient (Wildman–Crippen LogP) is 6.05. The first-order valence-electron chi connectivity index (χ1n) is 10.8. The minimum absolute atomic E-state index is 0.0325. The molecule has 0 saturated carbocycles. The van der Waals surface area contributed by atoms with Crippen molar-refractivity contribution in [2.45, 2.75) is 26.1 Å².